The first-order valence-electron chi connectivity index (χ1n) is 8.20. The van der Waals surface area contributed by atoms with Crippen molar-refractivity contribution in [1.82, 2.24) is 15.0 Å². The number of anilines is 4. The molecular weight excluding hydrogens is 367 g/mol. The zero-order chi connectivity index (χ0) is 19.4. The van der Waals surface area contributed by atoms with Gasteiger partial charge in [0.15, 0.2) is 0 Å². The second-order valence-electron chi connectivity index (χ2n) is 6.08. The molecule has 1 heterocycles. The summed E-state index contributed by atoms with van der Waals surface area (Å²) in [5, 5.41) is 14.6. The summed E-state index contributed by atoms with van der Waals surface area (Å²) >= 11 is 5.96. The number of aromatic nitrogens is 3. The van der Waals surface area contributed by atoms with E-state index in [2.05, 4.69) is 25.6 Å². The lowest BCUT2D eigenvalue weighted by atomic mass is 10.0. The van der Waals surface area contributed by atoms with E-state index in [-0.39, 0.29) is 28.8 Å². The molecule has 0 fully saturated rings. The molecule has 0 atom stereocenters. The molecule has 2 aromatic carbocycles. The number of nitrogens with zero attached hydrogens (tertiary/aromatic N) is 4. The molecule has 0 spiro atoms. The van der Waals surface area contributed by atoms with Crippen molar-refractivity contribution in [2.24, 2.45) is 0 Å². The van der Waals surface area contributed by atoms with Crippen molar-refractivity contribution in [2.45, 2.75) is 19.8 Å². The molecule has 0 aliphatic rings. The van der Waals surface area contributed by atoms with Crippen LogP contribution in [0, 0.1) is 17.1 Å². The molecular formula is C19H16ClFN6. The Kier molecular flexibility index (Phi) is 5.48. The Morgan fingerprint density at radius 3 is 2.26 bits per heavy atom. The van der Waals surface area contributed by atoms with Crippen LogP contribution in [0.5, 0.6) is 0 Å². The Bertz CT molecular complexity index is 998. The number of halogens is 2. The molecule has 3 rings (SSSR count). The van der Waals surface area contributed by atoms with Crippen LogP contribution in [-0.2, 0) is 0 Å². The molecule has 0 unspecified atom stereocenters. The largest absolute Gasteiger partial charge is 0.324 e. The van der Waals surface area contributed by atoms with Gasteiger partial charge in [0.1, 0.15) is 5.82 Å². The van der Waals surface area contributed by atoms with Crippen LogP contribution in [0.1, 0.15) is 30.9 Å². The highest BCUT2D eigenvalue weighted by molar-refractivity contribution is 6.28. The average molecular weight is 383 g/mol. The summed E-state index contributed by atoms with van der Waals surface area (Å²) in [4.78, 5) is 12.2. The Morgan fingerprint density at radius 2 is 1.67 bits per heavy atom. The van der Waals surface area contributed by atoms with Crippen LogP contribution < -0.4 is 10.6 Å². The predicted octanol–water partition coefficient (Wildman–Crippen LogP) is 5.15. The van der Waals surface area contributed by atoms with Gasteiger partial charge in [-0.25, -0.2) is 4.39 Å². The fourth-order valence-corrected chi connectivity index (χ4v) is 2.49. The first-order chi connectivity index (χ1) is 12.9. The molecule has 0 radical (unpaired) electrons. The first-order valence-corrected chi connectivity index (χ1v) is 8.57. The SMILES string of the molecule is CC(C)c1ccc(Nc2nc(Cl)nc(Nc3ccc(C#N)cc3)n2)c(F)c1. The highest BCUT2D eigenvalue weighted by Crippen LogP contribution is 2.24. The summed E-state index contributed by atoms with van der Waals surface area (Å²) in [6.45, 7) is 3.99. The zero-order valence-corrected chi connectivity index (χ0v) is 15.4. The molecule has 0 saturated carbocycles. The van der Waals surface area contributed by atoms with Crippen LogP contribution in [0.25, 0.3) is 0 Å². The van der Waals surface area contributed by atoms with Gasteiger partial charge in [-0.1, -0.05) is 19.9 Å². The van der Waals surface area contributed by atoms with E-state index in [4.69, 9.17) is 16.9 Å². The van der Waals surface area contributed by atoms with Gasteiger partial charge in [0, 0.05) is 5.69 Å². The summed E-state index contributed by atoms with van der Waals surface area (Å²) < 4.78 is 14.3. The molecule has 2 N–H and O–H groups in total. The molecule has 0 aliphatic carbocycles. The van der Waals surface area contributed by atoms with Crippen LogP contribution >= 0.6 is 11.6 Å². The molecule has 0 saturated heterocycles. The fraction of sp³-hybridized carbons (Fsp3) is 0.158. The summed E-state index contributed by atoms with van der Waals surface area (Å²) in [5.74, 6) is 0.131. The molecule has 1 aromatic heterocycles. The average Bonchev–Trinajstić information content (AvgIpc) is 2.63. The number of benzene rings is 2. The lowest BCUT2D eigenvalue weighted by Crippen LogP contribution is -2.05. The van der Waals surface area contributed by atoms with Gasteiger partial charge in [-0.2, -0.15) is 20.2 Å². The maximum atomic E-state index is 14.3. The Morgan fingerprint density at radius 1 is 1.00 bits per heavy atom. The van der Waals surface area contributed by atoms with E-state index in [0.29, 0.717) is 11.3 Å². The van der Waals surface area contributed by atoms with Crippen molar-refractivity contribution < 1.29 is 4.39 Å². The summed E-state index contributed by atoms with van der Waals surface area (Å²) in [6.07, 6.45) is 0. The number of hydrogen-bond acceptors (Lipinski definition) is 6. The van der Waals surface area contributed by atoms with Gasteiger partial charge in [0.05, 0.1) is 17.3 Å². The molecule has 136 valence electrons. The van der Waals surface area contributed by atoms with E-state index in [1.54, 1.807) is 30.3 Å². The molecule has 6 nitrogen and oxygen atoms in total. The number of nitriles is 1. The van der Waals surface area contributed by atoms with E-state index in [1.807, 2.05) is 26.0 Å². The molecule has 0 amide bonds. The minimum absolute atomic E-state index is 0.0390. The van der Waals surface area contributed by atoms with Gasteiger partial charge in [-0.15, -0.1) is 0 Å². The van der Waals surface area contributed by atoms with E-state index >= 15 is 0 Å². The van der Waals surface area contributed by atoms with Crippen LogP contribution in [0.4, 0.5) is 27.7 Å². The van der Waals surface area contributed by atoms with E-state index in [1.165, 1.54) is 6.07 Å². The van der Waals surface area contributed by atoms with Crippen molar-refractivity contribution in [2.75, 3.05) is 10.6 Å². The summed E-state index contributed by atoms with van der Waals surface area (Å²) in [5.41, 5.74) is 2.35. The van der Waals surface area contributed by atoms with Gasteiger partial charge in [-0.05, 0) is 59.5 Å². The van der Waals surface area contributed by atoms with Gasteiger partial charge in [0.2, 0.25) is 17.2 Å². The third-order valence-corrected chi connectivity index (χ3v) is 3.95. The molecule has 3 aromatic rings. The minimum atomic E-state index is -0.403. The monoisotopic (exact) mass is 382 g/mol. The van der Waals surface area contributed by atoms with Gasteiger partial charge in [-0.3, -0.25) is 0 Å². The third-order valence-electron chi connectivity index (χ3n) is 3.78. The van der Waals surface area contributed by atoms with Crippen LogP contribution in [0.2, 0.25) is 5.28 Å². The van der Waals surface area contributed by atoms with Crippen LogP contribution in [0.15, 0.2) is 42.5 Å². The predicted molar refractivity (Wildman–Crippen MR) is 103 cm³/mol. The lowest BCUT2D eigenvalue weighted by Gasteiger charge is -2.11. The minimum Gasteiger partial charge on any atom is -0.324 e. The normalized spacial score (nSPS) is 10.5. The van der Waals surface area contributed by atoms with Crippen LogP contribution in [-0.4, -0.2) is 15.0 Å². The Labute approximate surface area is 161 Å². The number of nitrogens with one attached hydrogen (secondary N) is 2. The number of hydrogen-bond donors (Lipinski definition) is 2. The first kappa shape index (κ1) is 18.5. The van der Waals surface area contributed by atoms with Crippen molar-refractivity contribution in [3.63, 3.8) is 0 Å². The smallest absolute Gasteiger partial charge is 0.233 e. The van der Waals surface area contributed by atoms with Crippen molar-refractivity contribution in [3.8, 4) is 6.07 Å². The highest BCUT2D eigenvalue weighted by Gasteiger charge is 2.10. The summed E-state index contributed by atoms with van der Waals surface area (Å²) in [7, 11) is 0. The second-order valence-corrected chi connectivity index (χ2v) is 6.42. The van der Waals surface area contributed by atoms with Gasteiger partial charge < -0.3 is 10.6 Å². The Balaban J connectivity index is 1.82. The van der Waals surface area contributed by atoms with Crippen molar-refractivity contribution in [1.29, 1.82) is 5.26 Å². The van der Waals surface area contributed by atoms with Gasteiger partial charge >= 0.3 is 0 Å². The standard InChI is InChI=1S/C19H16ClFN6/c1-11(2)13-5-8-16(15(21)9-13)24-19-26-17(20)25-18(27-19)23-14-6-3-12(10-22)4-7-14/h3-9,11H,1-2H3,(H2,23,24,25,26,27). The quantitative estimate of drug-likeness (QED) is 0.634. The van der Waals surface area contributed by atoms with Crippen molar-refractivity contribution in [3.05, 3.63) is 64.7 Å². The maximum Gasteiger partial charge on any atom is 0.233 e. The molecule has 8 heteroatoms. The zero-order valence-electron chi connectivity index (χ0n) is 14.7. The summed E-state index contributed by atoms with van der Waals surface area (Å²) in [6, 6.07) is 13.8. The second kappa shape index (κ2) is 7.98. The maximum absolute atomic E-state index is 14.3. The topological polar surface area (TPSA) is 86.5 Å². The fourth-order valence-electron chi connectivity index (χ4n) is 2.33. The van der Waals surface area contributed by atoms with E-state index in [9.17, 15) is 4.39 Å². The lowest BCUT2D eigenvalue weighted by molar-refractivity contribution is 0.627. The molecule has 27 heavy (non-hydrogen) atoms. The molecule has 0 bridgehead atoms. The van der Waals surface area contributed by atoms with E-state index < -0.39 is 5.82 Å². The Hall–Kier alpha value is -3.24. The van der Waals surface area contributed by atoms with Gasteiger partial charge in [0.25, 0.3) is 0 Å². The third kappa shape index (κ3) is 4.68. The van der Waals surface area contributed by atoms with Crippen LogP contribution in [0.3, 0.4) is 0 Å². The number of rotatable bonds is 5. The highest BCUT2D eigenvalue weighted by atomic mass is 35.5. The van der Waals surface area contributed by atoms with E-state index in [0.717, 1.165) is 5.56 Å². The molecule has 0 aliphatic heterocycles. The van der Waals surface area contributed by atoms with Crippen molar-refractivity contribution >= 4 is 34.9 Å².